The molecule has 0 radical (unpaired) electrons. The monoisotopic (exact) mass is 526 g/mol. The fourth-order valence-corrected chi connectivity index (χ4v) is 8.48. The molecule has 0 aromatic carbocycles. The Labute approximate surface area is 199 Å². The van der Waals surface area contributed by atoms with Gasteiger partial charge >= 0.3 is 0 Å². The Morgan fingerprint density at radius 1 is 0.452 bits per heavy atom. The molecule has 4 atom stereocenters. The van der Waals surface area contributed by atoms with Crippen molar-refractivity contribution in [3.05, 3.63) is 0 Å². The van der Waals surface area contributed by atoms with Crippen molar-refractivity contribution in [3.63, 3.8) is 0 Å². The van der Waals surface area contributed by atoms with Gasteiger partial charge in [0, 0.05) is 0 Å². The highest BCUT2D eigenvalue weighted by Gasteiger charge is 2.43. The molecule has 0 saturated carbocycles. The summed E-state index contributed by atoms with van der Waals surface area (Å²) in [4.78, 5) is 0. The van der Waals surface area contributed by atoms with Crippen molar-refractivity contribution in [3.8, 4) is 0 Å². The van der Waals surface area contributed by atoms with Gasteiger partial charge < -0.3 is 22.1 Å². The Morgan fingerprint density at radius 2 is 0.806 bits per heavy atom. The first-order chi connectivity index (χ1) is 13.4. The molecule has 188 valence electrons. The van der Waals surface area contributed by atoms with Crippen LogP contribution in [0.25, 0.3) is 0 Å². The molecule has 0 aliphatic heterocycles. The summed E-state index contributed by atoms with van der Waals surface area (Å²) in [6.07, 6.45) is -0.636. The van der Waals surface area contributed by atoms with Gasteiger partial charge in [-0.25, -0.2) is 0 Å². The van der Waals surface area contributed by atoms with Gasteiger partial charge in [0.1, 0.15) is 0 Å². The van der Waals surface area contributed by atoms with E-state index in [2.05, 4.69) is 105 Å². The molecule has 0 aliphatic rings. The molecule has 0 unspecified atom stereocenters. The third-order valence-electron chi connectivity index (χ3n) is 3.86. The van der Waals surface area contributed by atoms with Crippen LogP contribution in [0.15, 0.2) is 0 Å². The third-order valence-corrected chi connectivity index (χ3v) is 8.94. The highest BCUT2D eigenvalue weighted by molar-refractivity contribution is 6.71. The van der Waals surface area contributed by atoms with E-state index in [1.54, 1.807) is 0 Å². The molecule has 0 saturated heterocycles. The molecule has 0 rings (SSSR count). The Hall–Kier alpha value is 0.884. The molecule has 0 heterocycles. The van der Waals surface area contributed by atoms with E-state index in [4.69, 9.17) is 22.1 Å². The van der Waals surface area contributed by atoms with Crippen LogP contribution in [0.3, 0.4) is 0 Å². The molecule has 5 nitrogen and oxygen atoms in total. The van der Waals surface area contributed by atoms with Gasteiger partial charge in [-0.2, -0.15) is 0 Å². The van der Waals surface area contributed by atoms with Gasteiger partial charge in [-0.05, 0) is 105 Å². The van der Waals surface area contributed by atoms with Crippen molar-refractivity contribution in [2.75, 3.05) is 6.61 Å². The fourth-order valence-electron chi connectivity index (χ4n) is 3.21. The molecule has 0 bridgehead atoms. The quantitative estimate of drug-likeness (QED) is 0.235. The standard InChI is InChI=1S/C21H54O5Si5/c1-18(23-28(5,6)7)20(25-30(11,12)13)21(26-31(14,15)16)19(24-29(8,9)10)17-22-27(2,3)4/h18-21H,17H2,1-16H3/t18-,19+,20-,21-/m1/s1. The van der Waals surface area contributed by atoms with Crippen LogP contribution in [0.5, 0.6) is 0 Å². The summed E-state index contributed by atoms with van der Waals surface area (Å²) in [5.74, 6) is 0. The van der Waals surface area contributed by atoms with Crippen molar-refractivity contribution < 1.29 is 22.1 Å². The minimum absolute atomic E-state index is 0.0700. The largest absolute Gasteiger partial charge is 0.415 e. The summed E-state index contributed by atoms with van der Waals surface area (Å²) < 4.78 is 33.4. The SMILES string of the molecule is C[C@@H](O[Si](C)(C)C)[C@@H](O[Si](C)(C)C)[C@H](O[Si](C)(C)C)[C@H](CO[Si](C)(C)C)O[Si](C)(C)C. The average molecular weight is 527 g/mol. The van der Waals surface area contributed by atoms with Gasteiger partial charge in [0.15, 0.2) is 41.6 Å². The van der Waals surface area contributed by atoms with Crippen LogP contribution in [-0.4, -0.2) is 72.6 Å². The van der Waals surface area contributed by atoms with Crippen LogP contribution in [0.2, 0.25) is 98.2 Å². The highest BCUT2D eigenvalue weighted by Crippen LogP contribution is 2.28. The summed E-state index contributed by atoms with van der Waals surface area (Å²) in [7, 11) is -9.08. The molecular formula is C21H54O5Si5. The number of hydrogen-bond acceptors (Lipinski definition) is 5. The second-order valence-electron chi connectivity index (χ2n) is 13.5. The van der Waals surface area contributed by atoms with Gasteiger partial charge in [0.25, 0.3) is 0 Å². The zero-order valence-corrected chi connectivity index (χ0v) is 28.6. The minimum Gasteiger partial charge on any atom is -0.415 e. The van der Waals surface area contributed by atoms with Crippen molar-refractivity contribution in [2.45, 2.75) is 130 Å². The third kappa shape index (κ3) is 17.0. The molecule has 0 N–H and O–H groups in total. The summed E-state index contributed by atoms with van der Waals surface area (Å²) in [5, 5.41) is 0. The van der Waals surface area contributed by atoms with Crippen LogP contribution < -0.4 is 0 Å². The maximum Gasteiger partial charge on any atom is 0.184 e. The molecule has 0 fully saturated rings. The molecule has 10 heteroatoms. The van der Waals surface area contributed by atoms with E-state index in [1.165, 1.54) is 0 Å². The second kappa shape index (κ2) is 11.5. The highest BCUT2D eigenvalue weighted by atomic mass is 28.4. The first kappa shape index (κ1) is 31.9. The van der Waals surface area contributed by atoms with Crippen LogP contribution in [0.1, 0.15) is 6.92 Å². The maximum absolute atomic E-state index is 6.86. The second-order valence-corrected chi connectivity index (χ2v) is 35.9. The average Bonchev–Trinajstić information content (AvgIpc) is 2.41. The van der Waals surface area contributed by atoms with Crippen LogP contribution in [0.4, 0.5) is 0 Å². The first-order valence-electron chi connectivity index (χ1n) is 11.7. The van der Waals surface area contributed by atoms with E-state index in [-0.39, 0.29) is 24.4 Å². The van der Waals surface area contributed by atoms with E-state index in [0.717, 1.165) is 0 Å². The van der Waals surface area contributed by atoms with Crippen molar-refractivity contribution >= 4 is 41.6 Å². The molecule has 0 spiro atoms. The van der Waals surface area contributed by atoms with E-state index >= 15 is 0 Å². The van der Waals surface area contributed by atoms with Crippen LogP contribution >= 0.6 is 0 Å². The summed E-state index contributed by atoms with van der Waals surface area (Å²) >= 11 is 0. The molecule has 0 aliphatic carbocycles. The first-order valence-corrected chi connectivity index (χ1v) is 28.8. The van der Waals surface area contributed by atoms with Gasteiger partial charge in [0.05, 0.1) is 31.0 Å². The van der Waals surface area contributed by atoms with Crippen molar-refractivity contribution in [2.24, 2.45) is 0 Å². The van der Waals surface area contributed by atoms with Gasteiger partial charge in [-0.1, -0.05) is 0 Å². The Morgan fingerprint density at radius 3 is 1.13 bits per heavy atom. The van der Waals surface area contributed by atoms with E-state index < -0.39 is 41.6 Å². The van der Waals surface area contributed by atoms with Crippen LogP contribution in [-0.2, 0) is 22.1 Å². The fraction of sp³-hybridized carbons (Fsp3) is 1.00. The van der Waals surface area contributed by atoms with Crippen LogP contribution in [0, 0.1) is 0 Å². The summed E-state index contributed by atoms with van der Waals surface area (Å²) in [6, 6.07) is 0. The van der Waals surface area contributed by atoms with Crippen molar-refractivity contribution in [1.82, 2.24) is 0 Å². The van der Waals surface area contributed by atoms with Crippen molar-refractivity contribution in [1.29, 1.82) is 0 Å². The van der Waals surface area contributed by atoms with Gasteiger partial charge in [-0.3, -0.25) is 0 Å². The lowest BCUT2D eigenvalue weighted by atomic mass is 10.0. The predicted octanol–water partition coefficient (Wildman–Crippen LogP) is 6.74. The van der Waals surface area contributed by atoms with E-state index in [9.17, 15) is 0 Å². The smallest absolute Gasteiger partial charge is 0.184 e. The lowest BCUT2D eigenvalue weighted by Crippen LogP contribution is -2.59. The summed E-state index contributed by atoms with van der Waals surface area (Å²) in [5.41, 5.74) is 0. The van der Waals surface area contributed by atoms with E-state index in [0.29, 0.717) is 6.61 Å². The number of hydrogen-bond donors (Lipinski definition) is 0. The zero-order valence-electron chi connectivity index (χ0n) is 23.6. The lowest BCUT2D eigenvalue weighted by Gasteiger charge is -2.45. The van der Waals surface area contributed by atoms with Gasteiger partial charge in [-0.15, -0.1) is 0 Å². The summed E-state index contributed by atoms with van der Waals surface area (Å²) in [6.45, 7) is 36.2. The Kier molecular flexibility index (Phi) is 11.9. The molecule has 0 aromatic rings. The lowest BCUT2D eigenvalue weighted by molar-refractivity contribution is -0.0834. The molecule has 0 amide bonds. The Bertz CT molecular complexity index is 527. The topological polar surface area (TPSA) is 46.2 Å². The minimum atomic E-state index is -1.89. The zero-order chi connectivity index (χ0) is 25.1. The molecular weight excluding hydrogens is 473 g/mol. The predicted molar refractivity (Wildman–Crippen MR) is 148 cm³/mol. The number of rotatable bonds is 14. The Balaban J connectivity index is 6.32. The molecule has 0 aromatic heterocycles. The van der Waals surface area contributed by atoms with Gasteiger partial charge in [0.2, 0.25) is 0 Å². The van der Waals surface area contributed by atoms with E-state index in [1.807, 2.05) is 0 Å². The maximum atomic E-state index is 6.86. The molecule has 31 heavy (non-hydrogen) atoms. The normalized spacial score (nSPS) is 18.6.